The number of hydrogen-bond donors (Lipinski definition) is 3. The van der Waals surface area contributed by atoms with Crippen LogP contribution in [0.2, 0.25) is 0 Å². The molecule has 1 aliphatic rings. The summed E-state index contributed by atoms with van der Waals surface area (Å²) in [6.45, 7) is 8.67. The lowest BCUT2D eigenvalue weighted by Gasteiger charge is -2.34. The second-order valence-electron chi connectivity index (χ2n) is 10.2. The van der Waals surface area contributed by atoms with E-state index in [0.717, 1.165) is 54.5 Å². The fraction of sp³-hybridized carbons (Fsp3) is 0.516. The molecule has 1 aliphatic carbocycles. The number of carbonyl (C=O) groups is 1. The van der Waals surface area contributed by atoms with Crippen molar-refractivity contribution < 1.29 is 24.9 Å². The highest BCUT2D eigenvalue weighted by atomic mass is 16.5. The number of aryl methyl sites for hydroxylation is 2. The summed E-state index contributed by atoms with van der Waals surface area (Å²) in [5, 5.41) is 29.2. The van der Waals surface area contributed by atoms with E-state index in [1.165, 1.54) is 11.1 Å². The van der Waals surface area contributed by atoms with Crippen molar-refractivity contribution in [1.82, 2.24) is 0 Å². The molecular formula is C31H40O5. The lowest BCUT2D eigenvalue weighted by molar-refractivity contribution is -0.137. The van der Waals surface area contributed by atoms with Crippen LogP contribution in [0.25, 0.3) is 0 Å². The number of carboxylic acid groups (broad SMARTS) is 1. The second-order valence-corrected chi connectivity index (χ2v) is 10.2. The molecule has 0 radical (unpaired) electrons. The van der Waals surface area contributed by atoms with Gasteiger partial charge in [-0.15, -0.1) is 0 Å². The number of hydrogen-bond acceptors (Lipinski definition) is 4. The van der Waals surface area contributed by atoms with Gasteiger partial charge in [0.15, 0.2) is 0 Å². The summed E-state index contributed by atoms with van der Waals surface area (Å²) < 4.78 is 5.87. The van der Waals surface area contributed by atoms with Gasteiger partial charge < -0.3 is 20.1 Å². The van der Waals surface area contributed by atoms with E-state index in [4.69, 9.17) is 9.84 Å². The van der Waals surface area contributed by atoms with Crippen LogP contribution in [0.3, 0.4) is 0 Å². The van der Waals surface area contributed by atoms with Crippen LogP contribution in [-0.2, 0) is 10.2 Å². The van der Waals surface area contributed by atoms with E-state index in [2.05, 4.69) is 62.9 Å². The third kappa shape index (κ3) is 6.49. The van der Waals surface area contributed by atoms with Gasteiger partial charge in [0.05, 0.1) is 6.10 Å². The van der Waals surface area contributed by atoms with Crippen molar-refractivity contribution in [2.75, 3.05) is 6.61 Å². The largest absolute Gasteiger partial charge is 0.491 e. The zero-order chi connectivity index (χ0) is 26.3. The van der Waals surface area contributed by atoms with Crippen LogP contribution in [0.5, 0.6) is 5.75 Å². The number of aliphatic carboxylic acids is 1. The summed E-state index contributed by atoms with van der Waals surface area (Å²) in [6.07, 6.45) is 4.62. The standard InChI is InChI=1S/C31H40O5/c1-5-31(6-2,25-12-11-24(22(3)19-25)15-18-30(35)16-8-17-30)26-13-14-28(23(4)20-26)36-21-27(32)9-7-10-29(33)34/h11-14,19-20,27,32,35H,5-10,16-17,21H2,1-4H3,(H,33,34). The van der Waals surface area contributed by atoms with Crippen LogP contribution in [0, 0.1) is 25.7 Å². The smallest absolute Gasteiger partial charge is 0.303 e. The Bertz CT molecular complexity index is 1120. The molecule has 5 heteroatoms. The quantitative estimate of drug-likeness (QED) is 0.352. The van der Waals surface area contributed by atoms with Crippen LogP contribution >= 0.6 is 0 Å². The summed E-state index contributed by atoms with van der Waals surface area (Å²) in [5.41, 5.74) is 4.59. The summed E-state index contributed by atoms with van der Waals surface area (Å²) in [7, 11) is 0. The number of aliphatic hydroxyl groups is 2. The van der Waals surface area contributed by atoms with E-state index in [-0.39, 0.29) is 18.4 Å². The minimum atomic E-state index is -0.852. The van der Waals surface area contributed by atoms with Gasteiger partial charge in [-0.1, -0.05) is 50.0 Å². The Hall–Kier alpha value is -2.81. The molecule has 0 heterocycles. The van der Waals surface area contributed by atoms with E-state index in [0.29, 0.717) is 12.8 Å². The van der Waals surface area contributed by atoms with Crippen LogP contribution in [0.1, 0.15) is 93.0 Å². The molecule has 1 atom stereocenters. The molecule has 0 spiro atoms. The van der Waals surface area contributed by atoms with E-state index >= 15 is 0 Å². The van der Waals surface area contributed by atoms with E-state index in [9.17, 15) is 15.0 Å². The molecule has 3 N–H and O–H groups in total. The highest BCUT2D eigenvalue weighted by Crippen LogP contribution is 2.41. The van der Waals surface area contributed by atoms with Crippen molar-refractivity contribution in [3.8, 4) is 17.6 Å². The Balaban J connectivity index is 1.78. The minimum Gasteiger partial charge on any atom is -0.491 e. The topological polar surface area (TPSA) is 87.0 Å². The second kappa shape index (κ2) is 12.0. The fourth-order valence-electron chi connectivity index (χ4n) is 5.02. The predicted octanol–water partition coefficient (Wildman–Crippen LogP) is 5.67. The SMILES string of the molecule is CCC(CC)(c1ccc(C#CC2(O)CCC2)c(C)c1)c1ccc(OCC(O)CCCC(=O)O)c(C)c1. The molecule has 3 rings (SSSR count). The zero-order valence-electron chi connectivity index (χ0n) is 22.1. The molecule has 0 bridgehead atoms. The van der Waals surface area contributed by atoms with Crippen molar-refractivity contribution >= 4 is 5.97 Å². The highest BCUT2D eigenvalue weighted by molar-refractivity contribution is 5.66. The summed E-state index contributed by atoms with van der Waals surface area (Å²) in [6, 6.07) is 12.7. The average Bonchev–Trinajstić information content (AvgIpc) is 2.82. The third-order valence-corrected chi connectivity index (χ3v) is 7.68. The van der Waals surface area contributed by atoms with Gasteiger partial charge >= 0.3 is 5.97 Å². The normalized spacial score (nSPS) is 15.4. The van der Waals surface area contributed by atoms with Crippen molar-refractivity contribution in [2.24, 2.45) is 0 Å². The first-order chi connectivity index (χ1) is 17.1. The van der Waals surface area contributed by atoms with Gasteiger partial charge in [-0.2, -0.15) is 0 Å². The Morgan fingerprint density at radius 2 is 1.72 bits per heavy atom. The van der Waals surface area contributed by atoms with Crippen LogP contribution in [-0.4, -0.2) is 39.6 Å². The molecule has 1 unspecified atom stereocenters. The lowest BCUT2D eigenvalue weighted by Crippen LogP contribution is -2.34. The zero-order valence-corrected chi connectivity index (χ0v) is 22.1. The van der Waals surface area contributed by atoms with Crippen LogP contribution < -0.4 is 4.74 Å². The maximum absolute atomic E-state index is 10.7. The average molecular weight is 493 g/mol. The Morgan fingerprint density at radius 1 is 1.08 bits per heavy atom. The summed E-state index contributed by atoms with van der Waals surface area (Å²) in [4.78, 5) is 10.7. The van der Waals surface area contributed by atoms with Crippen molar-refractivity contribution in [1.29, 1.82) is 0 Å². The third-order valence-electron chi connectivity index (χ3n) is 7.68. The maximum atomic E-state index is 10.7. The number of rotatable bonds is 11. The van der Waals surface area contributed by atoms with Gasteiger partial charge in [0.25, 0.3) is 0 Å². The Labute approximate surface area is 215 Å². The molecule has 1 saturated carbocycles. The molecule has 194 valence electrons. The molecule has 36 heavy (non-hydrogen) atoms. The minimum absolute atomic E-state index is 0.0517. The first-order valence-electron chi connectivity index (χ1n) is 13.1. The van der Waals surface area contributed by atoms with Crippen molar-refractivity contribution in [3.05, 3.63) is 64.2 Å². The van der Waals surface area contributed by atoms with E-state index in [1.807, 2.05) is 13.0 Å². The summed E-state index contributed by atoms with van der Waals surface area (Å²) in [5.74, 6) is 6.15. The monoisotopic (exact) mass is 492 g/mol. The number of aliphatic hydroxyl groups excluding tert-OH is 1. The number of ether oxygens (including phenoxy) is 1. The molecule has 1 fully saturated rings. The van der Waals surface area contributed by atoms with E-state index < -0.39 is 17.7 Å². The van der Waals surface area contributed by atoms with Crippen molar-refractivity contribution in [2.45, 2.75) is 96.2 Å². The molecule has 0 aliphatic heterocycles. The van der Waals surface area contributed by atoms with Gasteiger partial charge in [-0.3, -0.25) is 4.79 Å². The van der Waals surface area contributed by atoms with Crippen molar-refractivity contribution in [3.63, 3.8) is 0 Å². The highest BCUT2D eigenvalue weighted by Gasteiger charge is 2.33. The molecule has 2 aromatic rings. The van der Waals surface area contributed by atoms with Gasteiger partial charge in [-0.25, -0.2) is 0 Å². The summed E-state index contributed by atoms with van der Waals surface area (Å²) >= 11 is 0. The Morgan fingerprint density at radius 3 is 2.25 bits per heavy atom. The van der Waals surface area contributed by atoms with Crippen LogP contribution in [0.4, 0.5) is 0 Å². The maximum Gasteiger partial charge on any atom is 0.303 e. The molecule has 0 saturated heterocycles. The van der Waals surface area contributed by atoms with E-state index in [1.54, 1.807) is 0 Å². The van der Waals surface area contributed by atoms with Gasteiger partial charge in [0, 0.05) is 17.4 Å². The predicted molar refractivity (Wildman–Crippen MR) is 142 cm³/mol. The van der Waals surface area contributed by atoms with Crippen LogP contribution in [0.15, 0.2) is 36.4 Å². The fourth-order valence-corrected chi connectivity index (χ4v) is 5.02. The lowest BCUT2D eigenvalue weighted by atomic mass is 9.70. The van der Waals surface area contributed by atoms with Gasteiger partial charge in [0.2, 0.25) is 0 Å². The molecule has 2 aromatic carbocycles. The Kier molecular flexibility index (Phi) is 9.22. The number of carboxylic acids is 1. The molecule has 0 amide bonds. The van der Waals surface area contributed by atoms with Gasteiger partial charge in [-0.05, 0) is 93.2 Å². The first kappa shape index (κ1) is 27.8. The first-order valence-corrected chi connectivity index (χ1v) is 13.1. The molecule has 5 nitrogen and oxygen atoms in total. The molecule has 0 aromatic heterocycles. The molecular weight excluding hydrogens is 452 g/mol. The van der Waals surface area contributed by atoms with Gasteiger partial charge in [0.1, 0.15) is 18.0 Å². The number of benzene rings is 2.